The highest BCUT2D eigenvalue weighted by Gasteiger charge is 2.13. The first-order valence-electron chi connectivity index (χ1n) is 7.45. The van der Waals surface area contributed by atoms with E-state index in [9.17, 15) is 9.59 Å². The molecule has 3 N–H and O–H groups in total. The third-order valence-corrected chi connectivity index (χ3v) is 3.56. The Bertz CT molecular complexity index is 520. The normalized spacial score (nSPS) is 11.8. The maximum atomic E-state index is 11.8. The molecule has 0 saturated heterocycles. The van der Waals surface area contributed by atoms with E-state index in [1.165, 1.54) is 18.2 Å². The van der Waals surface area contributed by atoms with Gasteiger partial charge < -0.3 is 15.8 Å². The number of nitrogens with two attached hydrogens (primary N) is 1. The molecule has 1 rings (SSSR count). The zero-order valence-corrected chi connectivity index (χ0v) is 13.8. The van der Waals surface area contributed by atoms with Gasteiger partial charge in [-0.05, 0) is 31.5 Å². The molecular formula is C16H23ClN2O3. The first-order valence-corrected chi connectivity index (χ1v) is 7.83. The summed E-state index contributed by atoms with van der Waals surface area (Å²) in [5, 5.41) is 3.17. The SMILES string of the molecule is CCCCCC(C)NC(=O)COC(=O)c1ccc(Cl)c(N)c1. The van der Waals surface area contributed by atoms with Crippen molar-refractivity contribution in [1.29, 1.82) is 0 Å². The predicted molar refractivity (Wildman–Crippen MR) is 87.9 cm³/mol. The van der Waals surface area contributed by atoms with Gasteiger partial charge in [-0.1, -0.05) is 37.8 Å². The molecular weight excluding hydrogens is 304 g/mol. The number of nitrogens with one attached hydrogen (secondary N) is 1. The van der Waals surface area contributed by atoms with Crippen molar-refractivity contribution in [1.82, 2.24) is 5.32 Å². The van der Waals surface area contributed by atoms with Crippen LogP contribution < -0.4 is 11.1 Å². The smallest absolute Gasteiger partial charge is 0.338 e. The van der Waals surface area contributed by atoms with Crippen LogP contribution in [-0.2, 0) is 9.53 Å². The van der Waals surface area contributed by atoms with Gasteiger partial charge in [0.15, 0.2) is 6.61 Å². The molecule has 22 heavy (non-hydrogen) atoms. The number of anilines is 1. The Kier molecular flexibility index (Phi) is 7.74. The Hall–Kier alpha value is -1.75. The average Bonchev–Trinajstić information content (AvgIpc) is 2.48. The van der Waals surface area contributed by atoms with Gasteiger partial charge in [0.25, 0.3) is 5.91 Å². The monoisotopic (exact) mass is 326 g/mol. The van der Waals surface area contributed by atoms with Crippen LogP contribution in [0.15, 0.2) is 18.2 Å². The van der Waals surface area contributed by atoms with Crippen LogP contribution in [0.4, 0.5) is 5.69 Å². The molecule has 0 bridgehead atoms. The minimum absolute atomic E-state index is 0.0731. The number of carbonyl (C=O) groups excluding carboxylic acids is 2. The second-order valence-electron chi connectivity index (χ2n) is 5.28. The Morgan fingerprint density at radius 2 is 2.09 bits per heavy atom. The summed E-state index contributed by atoms with van der Waals surface area (Å²) >= 11 is 5.78. The number of hydrogen-bond donors (Lipinski definition) is 2. The zero-order valence-electron chi connectivity index (χ0n) is 13.0. The number of benzene rings is 1. The van der Waals surface area contributed by atoms with E-state index in [4.69, 9.17) is 22.1 Å². The number of rotatable bonds is 8. The summed E-state index contributed by atoms with van der Waals surface area (Å²) in [5.74, 6) is -0.906. The molecule has 0 radical (unpaired) electrons. The number of esters is 1. The van der Waals surface area contributed by atoms with Crippen molar-refractivity contribution in [2.24, 2.45) is 0 Å². The fraction of sp³-hybridized carbons (Fsp3) is 0.500. The Morgan fingerprint density at radius 3 is 2.73 bits per heavy atom. The number of hydrogen-bond acceptors (Lipinski definition) is 4. The second-order valence-corrected chi connectivity index (χ2v) is 5.68. The lowest BCUT2D eigenvalue weighted by Crippen LogP contribution is -2.35. The van der Waals surface area contributed by atoms with Gasteiger partial charge in [0, 0.05) is 6.04 Å². The van der Waals surface area contributed by atoms with Crippen molar-refractivity contribution in [2.75, 3.05) is 12.3 Å². The standard InChI is InChI=1S/C16H23ClN2O3/c1-3-4-5-6-11(2)19-15(20)10-22-16(21)12-7-8-13(17)14(18)9-12/h7-9,11H,3-6,10,18H2,1-2H3,(H,19,20). The molecule has 1 unspecified atom stereocenters. The average molecular weight is 327 g/mol. The van der Waals surface area contributed by atoms with Crippen LogP contribution in [0.3, 0.4) is 0 Å². The fourth-order valence-electron chi connectivity index (χ4n) is 1.97. The summed E-state index contributed by atoms with van der Waals surface area (Å²) in [6, 6.07) is 4.52. The van der Waals surface area contributed by atoms with Gasteiger partial charge in [0.05, 0.1) is 16.3 Å². The van der Waals surface area contributed by atoms with Gasteiger partial charge in [0.1, 0.15) is 0 Å². The molecule has 0 saturated carbocycles. The molecule has 5 nitrogen and oxygen atoms in total. The molecule has 0 heterocycles. The van der Waals surface area contributed by atoms with E-state index in [0.29, 0.717) is 10.7 Å². The minimum Gasteiger partial charge on any atom is -0.452 e. The van der Waals surface area contributed by atoms with E-state index in [1.807, 2.05) is 6.92 Å². The van der Waals surface area contributed by atoms with E-state index >= 15 is 0 Å². The number of amides is 1. The quantitative estimate of drug-likeness (QED) is 0.437. The summed E-state index contributed by atoms with van der Waals surface area (Å²) < 4.78 is 4.96. The maximum absolute atomic E-state index is 11.8. The summed E-state index contributed by atoms with van der Waals surface area (Å²) in [5.41, 5.74) is 6.18. The van der Waals surface area contributed by atoms with E-state index < -0.39 is 5.97 Å². The number of unbranched alkanes of at least 4 members (excludes halogenated alkanes) is 2. The Labute approximate surface area is 136 Å². The van der Waals surface area contributed by atoms with E-state index in [2.05, 4.69) is 12.2 Å². The Morgan fingerprint density at radius 1 is 1.36 bits per heavy atom. The van der Waals surface area contributed by atoms with Crippen LogP contribution >= 0.6 is 11.6 Å². The molecule has 0 aliphatic rings. The van der Waals surface area contributed by atoms with Crippen LogP contribution in [0.25, 0.3) is 0 Å². The number of ether oxygens (including phenoxy) is 1. The van der Waals surface area contributed by atoms with E-state index in [0.717, 1.165) is 25.7 Å². The largest absolute Gasteiger partial charge is 0.452 e. The van der Waals surface area contributed by atoms with Crippen LogP contribution in [0, 0.1) is 0 Å². The van der Waals surface area contributed by atoms with Gasteiger partial charge in [-0.15, -0.1) is 0 Å². The summed E-state index contributed by atoms with van der Waals surface area (Å²) in [4.78, 5) is 23.5. The Balaban J connectivity index is 2.36. The third-order valence-electron chi connectivity index (χ3n) is 3.21. The second kappa shape index (κ2) is 9.30. The minimum atomic E-state index is -0.600. The maximum Gasteiger partial charge on any atom is 0.338 e. The molecule has 1 atom stereocenters. The summed E-state index contributed by atoms with van der Waals surface area (Å²) in [7, 11) is 0. The van der Waals surface area contributed by atoms with Crippen molar-refractivity contribution in [2.45, 2.75) is 45.6 Å². The number of halogens is 1. The number of nitrogen functional groups attached to an aromatic ring is 1. The highest BCUT2D eigenvalue weighted by Crippen LogP contribution is 2.19. The molecule has 1 amide bonds. The molecule has 0 aliphatic carbocycles. The predicted octanol–water partition coefficient (Wildman–Crippen LogP) is 3.16. The van der Waals surface area contributed by atoms with Crippen molar-refractivity contribution >= 4 is 29.2 Å². The molecule has 6 heteroatoms. The lowest BCUT2D eigenvalue weighted by atomic mass is 10.1. The van der Waals surface area contributed by atoms with E-state index in [1.54, 1.807) is 0 Å². The van der Waals surface area contributed by atoms with E-state index in [-0.39, 0.29) is 24.1 Å². The number of carbonyl (C=O) groups is 2. The van der Waals surface area contributed by atoms with Crippen LogP contribution in [0.1, 0.15) is 49.9 Å². The molecule has 1 aromatic carbocycles. The molecule has 1 aromatic rings. The molecule has 0 fully saturated rings. The summed E-state index contributed by atoms with van der Waals surface area (Å²) in [6.45, 7) is 3.76. The third kappa shape index (κ3) is 6.35. The lowest BCUT2D eigenvalue weighted by Gasteiger charge is -2.13. The van der Waals surface area contributed by atoms with Crippen LogP contribution in [-0.4, -0.2) is 24.5 Å². The highest BCUT2D eigenvalue weighted by atomic mass is 35.5. The van der Waals surface area contributed by atoms with Gasteiger partial charge in [-0.25, -0.2) is 4.79 Å². The molecule has 122 valence electrons. The van der Waals surface area contributed by atoms with Crippen molar-refractivity contribution in [3.8, 4) is 0 Å². The van der Waals surface area contributed by atoms with Crippen LogP contribution in [0.5, 0.6) is 0 Å². The molecule has 0 aliphatic heterocycles. The van der Waals surface area contributed by atoms with Gasteiger partial charge in [-0.3, -0.25) is 4.79 Å². The van der Waals surface area contributed by atoms with Crippen molar-refractivity contribution < 1.29 is 14.3 Å². The highest BCUT2D eigenvalue weighted by molar-refractivity contribution is 6.33. The van der Waals surface area contributed by atoms with Crippen LogP contribution in [0.2, 0.25) is 5.02 Å². The first kappa shape index (κ1) is 18.3. The molecule has 0 aromatic heterocycles. The zero-order chi connectivity index (χ0) is 16.5. The van der Waals surface area contributed by atoms with Crippen molar-refractivity contribution in [3.63, 3.8) is 0 Å². The van der Waals surface area contributed by atoms with Crippen molar-refractivity contribution in [3.05, 3.63) is 28.8 Å². The van der Waals surface area contributed by atoms with Gasteiger partial charge in [0.2, 0.25) is 0 Å². The summed E-state index contributed by atoms with van der Waals surface area (Å²) in [6.07, 6.45) is 4.28. The topological polar surface area (TPSA) is 81.4 Å². The molecule has 0 spiro atoms. The first-order chi connectivity index (χ1) is 10.4. The van der Waals surface area contributed by atoms with Gasteiger partial charge in [-0.2, -0.15) is 0 Å². The fourth-order valence-corrected chi connectivity index (χ4v) is 2.09. The van der Waals surface area contributed by atoms with Gasteiger partial charge >= 0.3 is 5.97 Å². The lowest BCUT2D eigenvalue weighted by molar-refractivity contribution is -0.124.